The molecule has 1 fully saturated rings. The van der Waals surface area contributed by atoms with Gasteiger partial charge in [-0.2, -0.15) is 13.2 Å². The molecule has 2 aromatic carbocycles. The second kappa shape index (κ2) is 9.15. The Hall–Kier alpha value is -3.10. The van der Waals surface area contributed by atoms with Crippen molar-refractivity contribution in [1.82, 2.24) is 10.2 Å². The zero-order valence-corrected chi connectivity index (χ0v) is 15.9. The van der Waals surface area contributed by atoms with Crippen molar-refractivity contribution in [2.24, 2.45) is 0 Å². The normalized spacial score (nSPS) is 15.0. The summed E-state index contributed by atoms with van der Waals surface area (Å²) >= 11 is 0. The first-order chi connectivity index (χ1) is 14.2. The molecule has 0 bridgehead atoms. The van der Waals surface area contributed by atoms with Crippen molar-refractivity contribution in [3.8, 4) is 5.75 Å². The van der Waals surface area contributed by atoms with Gasteiger partial charge in [0.1, 0.15) is 11.6 Å². The molecule has 160 valence electrons. The fourth-order valence-electron chi connectivity index (χ4n) is 3.20. The smallest absolute Gasteiger partial charge is 0.419 e. The van der Waals surface area contributed by atoms with E-state index in [1.165, 1.54) is 47.4 Å². The Balaban J connectivity index is 1.48. The third-order valence-electron chi connectivity index (χ3n) is 4.83. The summed E-state index contributed by atoms with van der Waals surface area (Å²) in [5, 5.41) is 2.84. The number of likely N-dealkylation sites (tertiary alicyclic amines) is 1. The number of hydrogen-bond donors (Lipinski definition) is 1. The number of benzene rings is 2. The van der Waals surface area contributed by atoms with E-state index in [0.717, 1.165) is 6.07 Å². The number of nitrogens with zero attached hydrogens (tertiary/aromatic N) is 1. The van der Waals surface area contributed by atoms with E-state index in [9.17, 15) is 27.2 Å². The maximum absolute atomic E-state index is 13.0. The highest BCUT2D eigenvalue weighted by Gasteiger charge is 2.34. The first-order valence-electron chi connectivity index (χ1n) is 9.37. The van der Waals surface area contributed by atoms with Gasteiger partial charge in [0.15, 0.2) is 6.61 Å². The molecular weight excluding hydrogens is 404 g/mol. The molecule has 30 heavy (non-hydrogen) atoms. The van der Waals surface area contributed by atoms with Crippen LogP contribution in [0.3, 0.4) is 0 Å². The Kier molecular flexibility index (Phi) is 6.59. The van der Waals surface area contributed by atoms with E-state index in [1.54, 1.807) is 0 Å². The van der Waals surface area contributed by atoms with Gasteiger partial charge < -0.3 is 15.0 Å². The van der Waals surface area contributed by atoms with Crippen molar-refractivity contribution in [2.75, 3.05) is 19.7 Å². The summed E-state index contributed by atoms with van der Waals surface area (Å²) in [5.74, 6) is -1.57. The van der Waals surface area contributed by atoms with Gasteiger partial charge in [0, 0.05) is 24.7 Å². The quantitative estimate of drug-likeness (QED) is 0.746. The zero-order valence-electron chi connectivity index (χ0n) is 15.9. The largest absolute Gasteiger partial charge is 0.483 e. The first kappa shape index (κ1) is 21.6. The highest BCUT2D eigenvalue weighted by molar-refractivity contribution is 5.94. The summed E-state index contributed by atoms with van der Waals surface area (Å²) in [6.07, 6.45) is -3.57. The summed E-state index contributed by atoms with van der Waals surface area (Å²) in [5.41, 5.74) is -0.591. The maximum Gasteiger partial charge on any atom is 0.419 e. The molecule has 2 amide bonds. The van der Waals surface area contributed by atoms with Gasteiger partial charge in [-0.15, -0.1) is 0 Å². The predicted molar refractivity (Wildman–Crippen MR) is 100 cm³/mol. The molecule has 3 rings (SSSR count). The molecule has 5 nitrogen and oxygen atoms in total. The third kappa shape index (κ3) is 5.49. The van der Waals surface area contributed by atoms with E-state index in [1.807, 2.05) is 0 Å². The van der Waals surface area contributed by atoms with Crippen LogP contribution in [0.5, 0.6) is 5.75 Å². The highest BCUT2D eigenvalue weighted by Crippen LogP contribution is 2.35. The van der Waals surface area contributed by atoms with Crippen LogP contribution in [-0.4, -0.2) is 42.5 Å². The zero-order chi connectivity index (χ0) is 21.7. The summed E-state index contributed by atoms with van der Waals surface area (Å²) < 4.78 is 57.0. The Bertz CT molecular complexity index is 892. The number of halogens is 4. The number of hydrogen-bond acceptors (Lipinski definition) is 3. The van der Waals surface area contributed by atoms with Crippen LogP contribution in [0.4, 0.5) is 17.6 Å². The molecule has 1 aliphatic heterocycles. The van der Waals surface area contributed by atoms with Gasteiger partial charge in [0.25, 0.3) is 11.8 Å². The second-order valence-electron chi connectivity index (χ2n) is 6.92. The number of carbonyl (C=O) groups excluding carboxylic acids is 2. The summed E-state index contributed by atoms with van der Waals surface area (Å²) in [6.45, 7) is 0.189. The summed E-state index contributed by atoms with van der Waals surface area (Å²) in [7, 11) is 0. The lowest BCUT2D eigenvalue weighted by Gasteiger charge is -2.32. The van der Waals surface area contributed by atoms with Gasteiger partial charge >= 0.3 is 6.18 Å². The minimum absolute atomic E-state index is 0.154. The minimum Gasteiger partial charge on any atom is -0.483 e. The molecule has 1 saturated heterocycles. The van der Waals surface area contributed by atoms with E-state index in [4.69, 9.17) is 4.74 Å². The Morgan fingerprint density at radius 1 is 1.03 bits per heavy atom. The standard InChI is InChI=1S/C21H20F4N2O3/c22-15-7-5-14(6-8-15)20(29)26-16-9-11-27(12-10-16)19(28)13-30-18-4-2-1-3-17(18)21(23,24)25/h1-8,16H,9-13H2,(H,26,29). The van der Waals surface area contributed by atoms with Crippen molar-refractivity contribution in [2.45, 2.75) is 25.1 Å². The Labute approximate surface area is 170 Å². The van der Waals surface area contributed by atoms with Gasteiger partial charge in [-0.1, -0.05) is 12.1 Å². The van der Waals surface area contributed by atoms with Gasteiger partial charge in [0.2, 0.25) is 0 Å². The van der Waals surface area contributed by atoms with Crippen LogP contribution in [-0.2, 0) is 11.0 Å². The number of para-hydroxylation sites is 1. The Morgan fingerprint density at radius 3 is 2.30 bits per heavy atom. The lowest BCUT2D eigenvalue weighted by Crippen LogP contribution is -2.47. The van der Waals surface area contributed by atoms with E-state index >= 15 is 0 Å². The summed E-state index contributed by atoms with van der Waals surface area (Å²) in [6, 6.07) is 9.76. The molecule has 0 unspecified atom stereocenters. The van der Waals surface area contributed by atoms with E-state index < -0.39 is 30.1 Å². The van der Waals surface area contributed by atoms with Gasteiger partial charge in [-0.3, -0.25) is 9.59 Å². The van der Waals surface area contributed by atoms with Crippen LogP contribution in [0.1, 0.15) is 28.8 Å². The van der Waals surface area contributed by atoms with Crippen LogP contribution in [0.25, 0.3) is 0 Å². The summed E-state index contributed by atoms with van der Waals surface area (Å²) in [4.78, 5) is 26.0. The average Bonchev–Trinajstić information content (AvgIpc) is 2.72. The molecule has 0 spiro atoms. The number of alkyl halides is 3. The molecule has 1 aliphatic rings. The minimum atomic E-state index is -4.57. The van der Waals surface area contributed by atoms with E-state index in [0.29, 0.717) is 31.5 Å². The first-order valence-corrected chi connectivity index (χ1v) is 9.37. The number of nitrogens with one attached hydrogen (secondary N) is 1. The number of ether oxygens (including phenoxy) is 1. The van der Waals surface area contributed by atoms with Crippen LogP contribution < -0.4 is 10.1 Å². The molecular formula is C21H20F4N2O3. The monoisotopic (exact) mass is 424 g/mol. The van der Waals surface area contributed by atoms with Crippen LogP contribution in [0.2, 0.25) is 0 Å². The van der Waals surface area contributed by atoms with E-state index in [-0.39, 0.29) is 17.7 Å². The van der Waals surface area contributed by atoms with Crippen molar-refractivity contribution in [3.63, 3.8) is 0 Å². The molecule has 0 radical (unpaired) electrons. The highest BCUT2D eigenvalue weighted by atomic mass is 19.4. The topological polar surface area (TPSA) is 58.6 Å². The van der Waals surface area contributed by atoms with Crippen molar-refractivity contribution in [1.29, 1.82) is 0 Å². The van der Waals surface area contributed by atoms with Gasteiger partial charge in [-0.25, -0.2) is 4.39 Å². The molecule has 1 N–H and O–H groups in total. The average molecular weight is 424 g/mol. The van der Waals surface area contributed by atoms with Crippen LogP contribution in [0.15, 0.2) is 48.5 Å². The van der Waals surface area contributed by atoms with Crippen molar-refractivity contribution >= 4 is 11.8 Å². The third-order valence-corrected chi connectivity index (χ3v) is 4.83. The van der Waals surface area contributed by atoms with Gasteiger partial charge in [-0.05, 0) is 49.2 Å². The predicted octanol–water partition coefficient (Wildman–Crippen LogP) is 3.64. The maximum atomic E-state index is 13.0. The fourth-order valence-corrected chi connectivity index (χ4v) is 3.20. The fraction of sp³-hybridized carbons (Fsp3) is 0.333. The molecule has 1 heterocycles. The molecule has 9 heteroatoms. The second-order valence-corrected chi connectivity index (χ2v) is 6.92. The lowest BCUT2D eigenvalue weighted by atomic mass is 10.0. The molecule has 0 atom stereocenters. The van der Waals surface area contributed by atoms with Crippen molar-refractivity contribution in [3.05, 3.63) is 65.5 Å². The number of amides is 2. The van der Waals surface area contributed by atoms with Crippen LogP contribution in [0, 0.1) is 5.82 Å². The van der Waals surface area contributed by atoms with Crippen molar-refractivity contribution < 1.29 is 31.9 Å². The molecule has 0 aliphatic carbocycles. The molecule has 0 aromatic heterocycles. The Morgan fingerprint density at radius 2 is 1.67 bits per heavy atom. The molecule has 2 aromatic rings. The SMILES string of the molecule is O=C(NC1CCN(C(=O)COc2ccccc2C(F)(F)F)CC1)c1ccc(F)cc1. The lowest BCUT2D eigenvalue weighted by molar-refractivity contribution is -0.141. The molecule has 0 saturated carbocycles. The number of carbonyl (C=O) groups is 2. The van der Waals surface area contributed by atoms with E-state index in [2.05, 4.69) is 5.32 Å². The van der Waals surface area contributed by atoms with Gasteiger partial charge in [0.05, 0.1) is 5.56 Å². The number of rotatable bonds is 5. The van der Waals surface area contributed by atoms with Crippen LogP contribution >= 0.6 is 0 Å². The number of piperidine rings is 1.